The molecule has 1 aliphatic heterocycles. The number of carbonyl (C=O) groups is 2. The summed E-state index contributed by atoms with van der Waals surface area (Å²) in [5.74, 6) is -0.757. The van der Waals surface area contributed by atoms with Gasteiger partial charge >= 0.3 is 0 Å². The summed E-state index contributed by atoms with van der Waals surface area (Å²) in [4.78, 5) is 27.2. The minimum Gasteiger partial charge on any atom is -0.322 e. The van der Waals surface area contributed by atoms with Crippen molar-refractivity contribution in [2.24, 2.45) is 0 Å². The third kappa shape index (κ3) is 3.39. The van der Waals surface area contributed by atoms with E-state index in [4.69, 9.17) is 0 Å². The predicted octanol–water partition coefficient (Wildman–Crippen LogP) is 4.67. The van der Waals surface area contributed by atoms with Gasteiger partial charge in [-0.3, -0.25) is 9.59 Å². The predicted molar refractivity (Wildman–Crippen MR) is 107 cm³/mol. The van der Waals surface area contributed by atoms with Gasteiger partial charge in [0.15, 0.2) is 0 Å². The Bertz CT molecular complexity index is 1030. The van der Waals surface area contributed by atoms with Gasteiger partial charge in [-0.25, -0.2) is 4.39 Å². The summed E-state index contributed by atoms with van der Waals surface area (Å²) in [7, 11) is 0. The zero-order valence-corrected chi connectivity index (χ0v) is 15.4. The van der Waals surface area contributed by atoms with Crippen LogP contribution in [0.1, 0.15) is 33.2 Å². The minimum absolute atomic E-state index is 0.0806. The Balaban J connectivity index is 1.51. The van der Waals surface area contributed by atoms with Crippen molar-refractivity contribution >= 4 is 23.2 Å². The zero-order valence-electron chi connectivity index (χ0n) is 15.4. The first-order valence-electron chi connectivity index (χ1n) is 9.11. The molecule has 5 heteroatoms. The van der Waals surface area contributed by atoms with Crippen LogP contribution >= 0.6 is 0 Å². The average Bonchev–Trinajstić information content (AvgIpc) is 3.05. The average molecular weight is 374 g/mol. The summed E-state index contributed by atoms with van der Waals surface area (Å²) in [6.07, 6.45) is 0.833. The van der Waals surface area contributed by atoms with Crippen LogP contribution in [0.5, 0.6) is 0 Å². The van der Waals surface area contributed by atoms with E-state index in [2.05, 4.69) is 5.32 Å². The van der Waals surface area contributed by atoms with Crippen LogP contribution in [-0.4, -0.2) is 17.9 Å². The number of hydrogen-bond acceptors (Lipinski definition) is 2. The molecule has 1 heterocycles. The van der Waals surface area contributed by atoms with Gasteiger partial charge in [0.1, 0.15) is 5.82 Å². The van der Waals surface area contributed by atoms with Crippen LogP contribution in [0.15, 0.2) is 72.8 Å². The lowest BCUT2D eigenvalue weighted by Crippen LogP contribution is -2.35. The Morgan fingerprint density at radius 1 is 0.929 bits per heavy atom. The van der Waals surface area contributed by atoms with Gasteiger partial charge in [0.25, 0.3) is 11.8 Å². The van der Waals surface area contributed by atoms with E-state index in [1.807, 2.05) is 36.1 Å². The molecule has 0 aromatic heterocycles. The van der Waals surface area contributed by atoms with E-state index in [-0.39, 0.29) is 23.7 Å². The molecule has 2 amide bonds. The van der Waals surface area contributed by atoms with E-state index >= 15 is 0 Å². The number of nitrogens with one attached hydrogen (secondary N) is 1. The van der Waals surface area contributed by atoms with Gasteiger partial charge in [-0.1, -0.05) is 18.2 Å². The van der Waals surface area contributed by atoms with Gasteiger partial charge in [-0.2, -0.15) is 0 Å². The maximum atomic E-state index is 13.0. The molecule has 3 aromatic rings. The summed E-state index contributed by atoms with van der Waals surface area (Å²) < 4.78 is 13.0. The molecule has 4 nitrogen and oxygen atoms in total. The summed E-state index contributed by atoms with van der Waals surface area (Å²) in [6, 6.07) is 20.1. The third-order valence-corrected chi connectivity index (χ3v) is 4.92. The van der Waals surface area contributed by atoms with Crippen molar-refractivity contribution in [2.45, 2.75) is 19.4 Å². The molecular formula is C23H19FN2O2. The summed E-state index contributed by atoms with van der Waals surface area (Å²) in [6.45, 7) is 2.03. The highest BCUT2D eigenvalue weighted by Crippen LogP contribution is 2.33. The van der Waals surface area contributed by atoms with Crippen LogP contribution < -0.4 is 10.2 Å². The number of nitrogens with zero attached hydrogens (tertiary/aromatic N) is 1. The Morgan fingerprint density at radius 3 is 2.29 bits per heavy atom. The number of fused-ring (bicyclic) bond motifs is 1. The van der Waals surface area contributed by atoms with Gasteiger partial charge in [-0.05, 0) is 73.5 Å². The van der Waals surface area contributed by atoms with Crippen molar-refractivity contribution in [2.75, 3.05) is 10.2 Å². The fraction of sp³-hybridized carbons (Fsp3) is 0.130. The van der Waals surface area contributed by atoms with Crippen molar-refractivity contribution in [3.8, 4) is 0 Å². The number of para-hydroxylation sites is 1. The number of rotatable bonds is 3. The molecule has 0 saturated carbocycles. The van der Waals surface area contributed by atoms with Crippen LogP contribution in [0.2, 0.25) is 0 Å². The second kappa shape index (κ2) is 7.27. The Hall–Kier alpha value is -3.47. The molecule has 0 bridgehead atoms. The van der Waals surface area contributed by atoms with E-state index in [1.54, 1.807) is 24.3 Å². The Labute approximate surface area is 162 Å². The standard InChI is InChI=1S/C23H19FN2O2/c1-15-14-18-4-2-3-5-21(18)26(15)23(28)17-8-6-16(7-9-17)22(27)25-20-12-10-19(24)11-13-20/h2-13,15H,14H2,1H3,(H,25,27). The monoisotopic (exact) mass is 374 g/mol. The number of hydrogen-bond donors (Lipinski definition) is 1. The molecule has 0 saturated heterocycles. The van der Waals surface area contributed by atoms with E-state index in [0.29, 0.717) is 16.8 Å². The van der Waals surface area contributed by atoms with Crippen molar-refractivity contribution in [3.05, 3.63) is 95.3 Å². The van der Waals surface area contributed by atoms with Gasteiger partial charge in [0.05, 0.1) is 0 Å². The number of halogens is 1. The fourth-order valence-corrected chi connectivity index (χ4v) is 3.51. The molecule has 1 N–H and O–H groups in total. The molecule has 3 aromatic carbocycles. The molecule has 4 rings (SSSR count). The quantitative estimate of drug-likeness (QED) is 0.724. The molecule has 28 heavy (non-hydrogen) atoms. The molecular weight excluding hydrogens is 355 g/mol. The molecule has 0 fully saturated rings. The lowest BCUT2D eigenvalue weighted by atomic mass is 10.1. The molecule has 1 unspecified atom stereocenters. The highest BCUT2D eigenvalue weighted by Gasteiger charge is 2.31. The van der Waals surface area contributed by atoms with Crippen LogP contribution in [0.4, 0.5) is 15.8 Å². The molecule has 1 atom stereocenters. The highest BCUT2D eigenvalue weighted by atomic mass is 19.1. The van der Waals surface area contributed by atoms with Crippen LogP contribution in [-0.2, 0) is 6.42 Å². The Morgan fingerprint density at radius 2 is 1.57 bits per heavy atom. The molecule has 1 aliphatic rings. The molecule has 140 valence electrons. The summed E-state index contributed by atoms with van der Waals surface area (Å²) in [5.41, 5.74) is 3.57. The van der Waals surface area contributed by atoms with E-state index in [0.717, 1.165) is 12.1 Å². The largest absolute Gasteiger partial charge is 0.322 e. The second-order valence-corrected chi connectivity index (χ2v) is 6.90. The Kier molecular flexibility index (Phi) is 4.65. The van der Waals surface area contributed by atoms with Crippen LogP contribution in [0.3, 0.4) is 0 Å². The lowest BCUT2D eigenvalue weighted by molar-refractivity contribution is 0.0978. The first-order chi connectivity index (χ1) is 13.5. The lowest BCUT2D eigenvalue weighted by Gasteiger charge is -2.23. The third-order valence-electron chi connectivity index (χ3n) is 4.92. The summed E-state index contributed by atoms with van der Waals surface area (Å²) >= 11 is 0. The topological polar surface area (TPSA) is 49.4 Å². The normalized spacial score (nSPS) is 15.2. The van der Waals surface area contributed by atoms with Crippen molar-refractivity contribution in [1.82, 2.24) is 0 Å². The molecule has 0 aliphatic carbocycles. The van der Waals surface area contributed by atoms with Gasteiger partial charge in [0.2, 0.25) is 0 Å². The van der Waals surface area contributed by atoms with Gasteiger partial charge in [-0.15, -0.1) is 0 Å². The molecule has 0 spiro atoms. The smallest absolute Gasteiger partial charge is 0.258 e. The van der Waals surface area contributed by atoms with Crippen molar-refractivity contribution in [1.29, 1.82) is 0 Å². The van der Waals surface area contributed by atoms with Crippen LogP contribution in [0.25, 0.3) is 0 Å². The van der Waals surface area contributed by atoms with Gasteiger partial charge in [0, 0.05) is 28.5 Å². The van der Waals surface area contributed by atoms with E-state index < -0.39 is 0 Å². The maximum absolute atomic E-state index is 13.0. The van der Waals surface area contributed by atoms with Gasteiger partial charge < -0.3 is 10.2 Å². The fourth-order valence-electron chi connectivity index (χ4n) is 3.51. The highest BCUT2D eigenvalue weighted by molar-refractivity contribution is 6.09. The zero-order chi connectivity index (χ0) is 19.7. The van der Waals surface area contributed by atoms with Crippen molar-refractivity contribution < 1.29 is 14.0 Å². The SMILES string of the molecule is CC1Cc2ccccc2N1C(=O)c1ccc(C(=O)Nc2ccc(F)cc2)cc1. The van der Waals surface area contributed by atoms with Crippen molar-refractivity contribution in [3.63, 3.8) is 0 Å². The first kappa shape index (κ1) is 17.9. The number of anilines is 2. The maximum Gasteiger partial charge on any atom is 0.258 e. The number of carbonyl (C=O) groups excluding carboxylic acids is 2. The van der Waals surface area contributed by atoms with E-state index in [1.165, 1.54) is 29.8 Å². The number of benzene rings is 3. The van der Waals surface area contributed by atoms with Crippen LogP contribution in [0, 0.1) is 5.82 Å². The molecule has 0 radical (unpaired) electrons. The minimum atomic E-state index is -0.362. The first-order valence-corrected chi connectivity index (χ1v) is 9.11. The van der Waals surface area contributed by atoms with E-state index in [9.17, 15) is 14.0 Å². The number of amides is 2. The second-order valence-electron chi connectivity index (χ2n) is 6.90. The summed E-state index contributed by atoms with van der Waals surface area (Å²) in [5, 5.41) is 2.71.